The summed E-state index contributed by atoms with van der Waals surface area (Å²) < 4.78 is 13.6. The lowest BCUT2D eigenvalue weighted by atomic mass is 9.95. The van der Waals surface area contributed by atoms with E-state index in [1.54, 1.807) is 0 Å². The van der Waals surface area contributed by atoms with Crippen LogP contribution in [0, 0.1) is 23.7 Å². The third-order valence-corrected chi connectivity index (χ3v) is 4.10. The van der Waals surface area contributed by atoms with Crippen LogP contribution in [0.2, 0.25) is 0 Å². The van der Waals surface area contributed by atoms with Crippen LogP contribution >= 0.6 is 0 Å². The fourth-order valence-electron chi connectivity index (χ4n) is 2.64. The predicted octanol–water partition coefficient (Wildman–Crippen LogP) is 3.81. The average molecular weight is 184 g/mol. The van der Waals surface area contributed by atoms with Crippen LogP contribution in [0.4, 0.5) is 4.39 Å². The summed E-state index contributed by atoms with van der Waals surface area (Å²) >= 11 is 0. The van der Waals surface area contributed by atoms with Gasteiger partial charge in [-0.25, -0.2) is 4.39 Å². The van der Waals surface area contributed by atoms with Gasteiger partial charge in [-0.2, -0.15) is 0 Å². The van der Waals surface area contributed by atoms with Gasteiger partial charge < -0.3 is 0 Å². The van der Waals surface area contributed by atoms with Gasteiger partial charge in [0.25, 0.3) is 0 Å². The first-order valence-electron chi connectivity index (χ1n) is 5.72. The van der Waals surface area contributed by atoms with E-state index < -0.39 is 5.67 Å². The Bertz CT molecular complexity index is 193. The van der Waals surface area contributed by atoms with Crippen molar-refractivity contribution in [3.05, 3.63) is 0 Å². The van der Waals surface area contributed by atoms with Gasteiger partial charge in [-0.05, 0) is 49.4 Å². The molecule has 0 aromatic carbocycles. The van der Waals surface area contributed by atoms with Gasteiger partial charge in [-0.1, -0.05) is 20.8 Å². The molecule has 0 aromatic heterocycles. The van der Waals surface area contributed by atoms with Crippen molar-refractivity contribution >= 4 is 0 Å². The summed E-state index contributed by atoms with van der Waals surface area (Å²) in [6, 6.07) is 0. The Balaban J connectivity index is 1.74. The second-order valence-corrected chi connectivity index (χ2v) is 5.58. The van der Waals surface area contributed by atoms with Crippen molar-refractivity contribution in [2.75, 3.05) is 0 Å². The molecule has 0 N–H and O–H groups in total. The molecule has 2 rings (SSSR count). The maximum absolute atomic E-state index is 13.6. The van der Waals surface area contributed by atoms with E-state index in [0.29, 0.717) is 5.92 Å². The topological polar surface area (TPSA) is 0 Å². The van der Waals surface area contributed by atoms with Crippen LogP contribution in [0.1, 0.15) is 46.5 Å². The Morgan fingerprint density at radius 2 is 1.92 bits per heavy atom. The van der Waals surface area contributed by atoms with Crippen LogP contribution in [-0.4, -0.2) is 5.67 Å². The molecule has 1 heteroatoms. The number of alkyl halides is 1. The maximum Gasteiger partial charge on any atom is 0.113 e. The summed E-state index contributed by atoms with van der Waals surface area (Å²) in [5.41, 5.74) is -0.746. The van der Waals surface area contributed by atoms with Crippen molar-refractivity contribution in [1.29, 1.82) is 0 Å². The molecule has 0 amide bonds. The molecule has 2 aliphatic rings. The van der Waals surface area contributed by atoms with Crippen molar-refractivity contribution in [2.45, 2.75) is 52.1 Å². The molecule has 0 aliphatic heterocycles. The van der Waals surface area contributed by atoms with E-state index in [2.05, 4.69) is 20.8 Å². The summed E-state index contributed by atoms with van der Waals surface area (Å²) in [5.74, 6) is 2.89. The fourth-order valence-corrected chi connectivity index (χ4v) is 2.64. The first-order valence-corrected chi connectivity index (χ1v) is 5.72. The molecule has 0 bridgehead atoms. The first kappa shape index (κ1) is 9.48. The van der Waals surface area contributed by atoms with Crippen molar-refractivity contribution in [2.24, 2.45) is 23.7 Å². The summed E-state index contributed by atoms with van der Waals surface area (Å²) in [7, 11) is 0. The molecule has 0 spiro atoms. The van der Waals surface area contributed by atoms with Gasteiger partial charge >= 0.3 is 0 Å². The Hall–Kier alpha value is -0.0700. The Labute approximate surface area is 80.9 Å². The van der Waals surface area contributed by atoms with E-state index in [0.717, 1.165) is 37.0 Å². The minimum atomic E-state index is -0.746. The zero-order chi connectivity index (χ0) is 9.64. The normalized spacial score (nSPS) is 37.6. The zero-order valence-corrected chi connectivity index (χ0v) is 9.02. The second kappa shape index (κ2) is 2.96. The highest BCUT2D eigenvalue weighted by molar-refractivity contribution is 5.01. The lowest BCUT2D eigenvalue weighted by Gasteiger charge is -2.15. The van der Waals surface area contributed by atoms with Gasteiger partial charge in [0.15, 0.2) is 0 Å². The summed E-state index contributed by atoms with van der Waals surface area (Å²) in [4.78, 5) is 0. The van der Waals surface area contributed by atoms with Crippen LogP contribution in [0.15, 0.2) is 0 Å². The molecule has 0 aromatic rings. The first-order chi connectivity index (χ1) is 6.03. The van der Waals surface area contributed by atoms with Crippen LogP contribution < -0.4 is 0 Å². The lowest BCUT2D eigenvalue weighted by molar-refractivity contribution is 0.196. The molecule has 2 fully saturated rings. The van der Waals surface area contributed by atoms with Gasteiger partial charge in [-0.3, -0.25) is 0 Å². The van der Waals surface area contributed by atoms with Gasteiger partial charge in [-0.15, -0.1) is 0 Å². The molecule has 3 unspecified atom stereocenters. The van der Waals surface area contributed by atoms with Gasteiger partial charge in [0.2, 0.25) is 0 Å². The van der Waals surface area contributed by atoms with E-state index in [1.165, 1.54) is 6.42 Å². The van der Waals surface area contributed by atoms with Crippen molar-refractivity contribution < 1.29 is 4.39 Å². The highest BCUT2D eigenvalue weighted by atomic mass is 19.1. The molecule has 2 aliphatic carbocycles. The SMILES string of the molecule is CC(C)C1CC1CC(C)C1(F)CC1. The molecule has 0 heterocycles. The molecule has 0 radical (unpaired) electrons. The molecule has 3 atom stereocenters. The monoisotopic (exact) mass is 184 g/mol. The third-order valence-electron chi connectivity index (χ3n) is 4.10. The number of halogens is 1. The third kappa shape index (κ3) is 1.89. The Morgan fingerprint density at radius 3 is 2.31 bits per heavy atom. The van der Waals surface area contributed by atoms with Crippen molar-refractivity contribution in [3.8, 4) is 0 Å². The van der Waals surface area contributed by atoms with E-state index >= 15 is 0 Å². The van der Waals surface area contributed by atoms with E-state index in [9.17, 15) is 4.39 Å². The van der Waals surface area contributed by atoms with Gasteiger partial charge in [0.05, 0.1) is 0 Å². The standard InChI is InChI=1S/C12H21F/c1-8(2)11-7-10(11)6-9(3)12(13)4-5-12/h8-11H,4-7H2,1-3H3. The van der Waals surface area contributed by atoms with Crippen LogP contribution in [0.3, 0.4) is 0 Å². The zero-order valence-electron chi connectivity index (χ0n) is 9.02. The number of hydrogen-bond donors (Lipinski definition) is 0. The van der Waals surface area contributed by atoms with Gasteiger partial charge in [0.1, 0.15) is 5.67 Å². The van der Waals surface area contributed by atoms with E-state index in [-0.39, 0.29) is 0 Å². The second-order valence-electron chi connectivity index (χ2n) is 5.58. The minimum Gasteiger partial charge on any atom is -0.244 e. The highest BCUT2D eigenvalue weighted by Crippen LogP contribution is 2.54. The minimum absolute atomic E-state index is 0.321. The van der Waals surface area contributed by atoms with Crippen LogP contribution in [-0.2, 0) is 0 Å². The quantitative estimate of drug-likeness (QED) is 0.623. The molecule has 13 heavy (non-hydrogen) atoms. The maximum atomic E-state index is 13.6. The van der Waals surface area contributed by atoms with Crippen LogP contribution in [0.25, 0.3) is 0 Å². The summed E-state index contributed by atoms with van der Waals surface area (Å²) in [5, 5.41) is 0. The average Bonchev–Trinajstić information content (AvgIpc) is 2.87. The highest BCUT2D eigenvalue weighted by Gasteiger charge is 2.51. The summed E-state index contributed by atoms with van der Waals surface area (Å²) in [6.07, 6.45) is 4.15. The molecular formula is C12H21F. The molecular weight excluding hydrogens is 163 g/mol. The largest absolute Gasteiger partial charge is 0.244 e. The fraction of sp³-hybridized carbons (Fsp3) is 1.00. The number of hydrogen-bond acceptors (Lipinski definition) is 0. The van der Waals surface area contributed by atoms with E-state index in [1.807, 2.05) is 0 Å². The van der Waals surface area contributed by atoms with Gasteiger partial charge in [0, 0.05) is 0 Å². The van der Waals surface area contributed by atoms with Crippen LogP contribution in [0.5, 0.6) is 0 Å². The summed E-state index contributed by atoms with van der Waals surface area (Å²) in [6.45, 7) is 6.68. The van der Waals surface area contributed by atoms with Crippen molar-refractivity contribution in [3.63, 3.8) is 0 Å². The van der Waals surface area contributed by atoms with E-state index in [4.69, 9.17) is 0 Å². The Kier molecular flexibility index (Phi) is 2.16. The van der Waals surface area contributed by atoms with Crippen molar-refractivity contribution in [1.82, 2.24) is 0 Å². The molecule has 2 saturated carbocycles. The number of rotatable bonds is 4. The predicted molar refractivity (Wildman–Crippen MR) is 53.3 cm³/mol. The Morgan fingerprint density at radius 1 is 1.31 bits per heavy atom. The smallest absolute Gasteiger partial charge is 0.113 e. The molecule has 0 saturated heterocycles. The molecule has 76 valence electrons. The lowest BCUT2D eigenvalue weighted by Crippen LogP contribution is -2.14. The molecule has 0 nitrogen and oxygen atoms in total.